The van der Waals surface area contributed by atoms with E-state index < -0.39 is 51.3 Å². The summed E-state index contributed by atoms with van der Waals surface area (Å²) in [5.74, 6) is -0.357. The molecule has 0 bridgehead atoms. The molecule has 0 radical (unpaired) electrons. The van der Waals surface area contributed by atoms with Gasteiger partial charge < -0.3 is 29.5 Å². The number of phosphoric acid groups is 1. The van der Waals surface area contributed by atoms with Gasteiger partial charge in [-0.15, -0.1) is 0 Å². The number of carbonyl (C=O) groups is 2. The van der Waals surface area contributed by atoms with Crippen LogP contribution in [0.3, 0.4) is 0 Å². The highest BCUT2D eigenvalue weighted by Crippen LogP contribution is 2.36. The average molecular weight is 773 g/mol. The van der Waals surface area contributed by atoms with E-state index in [0.29, 0.717) is 12.8 Å². The molecule has 0 aliphatic heterocycles. The smallest absolute Gasteiger partial charge is 0.462 e. The minimum Gasteiger partial charge on any atom is -0.462 e. The maximum atomic E-state index is 12.4. The second kappa shape index (κ2) is 35.9. The van der Waals surface area contributed by atoms with Crippen LogP contribution in [0.15, 0.2) is 36.5 Å². The van der Waals surface area contributed by atoms with E-state index in [0.717, 1.165) is 44.4 Å². The summed E-state index contributed by atoms with van der Waals surface area (Å²) in [4.78, 5) is 42.9. The fourth-order valence-electron chi connectivity index (χ4n) is 5.78. The van der Waals surface area contributed by atoms with Gasteiger partial charge in [0.05, 0.1) is 18.8 Å². The van der Waals surface area contributed by atoms with Crippen molar-refractivity contribution < 1.29 is 48.2 Å². The third-order valence-corrected chi connectivity index (χ3v) is 9.53. The number of aliphatic hydroxyl groups is 2. The number of rotatable bonds is 37. The minimum absolute atomic E-state index is 0.0456. The summed E-state index contributed by atoms with van der Waals surface area (Å²) in [7, 11) is -4.82. The number of ether oxygens (including phenoxy) is 2. The molecule has 4 N–H and O–H groups in total. The molecule has 0 heterocycles. The molecular formula is C42H77O10P. The highest BCUT2D eigenvalue weighted by atomic mass is 31.2. The van der Waals surface area contributed by atoms with Gasteiger partial charge in [0.1, 0.15) is 6.61 Å². The summed E-state index contributed by atoms with van der Waals surface area (Å²) in [6.07, 6.45) is 33.3. The molecule has 0 aliphatic carbocycles. The number of carbonyl (C=O) groups excluding carboxylic acids is 2. The number of allylic oxidation sites excluding steroid dienone is 5. The molecule has 0 fully saturated rings. The second-order valence-corrected chi connectivity index (χ2v) is 16.0. The molecule has 53 heavy (non-hydrogen) atoms. The molecule has 0 rings (SSSR count). The number of aliphatic hydroxyl groups excluding tert-OH is 2. The van der Waals surface area contributed by atoms with Crippen LogP contribution in [-0.2, 0) is 28.2 Å². The Morgan fingerprint density at radius 1 is 0.604 bits per heavy atom. The van der Waals surface area contributed by atoms with Gasteiger partial charge in [-0.1, -0.05) is 154 Å². The zero-order valence-electron chi connectivity index (χ0n) is 33.6. The van der Waals surface area contributed by atoms with Gasteiger partial charge in [0.2, 0.25) is 0 Å². The lowest BCUT2D eigenvalue weighted by molar-refractivity contribution is -0.161. The normalized spacial score (nSPS) is 14.1. The largest absolute Gasteiger partial charge is 0.469 e. The predicted molar refractivity (Wildman–Crippen MR) is 214 cm³/mol. The number of hydrogen-bond acceptors (Lipinski definition) is 8. The van der Waals surface area contributed by atoms with Crippen LogP contribution in [0.4, 0.5) is 0 Å². The van der Waals surface area contributed by atoms with Crippen molar-refractivity contribution in [2.75, 3.05) is 13.2 Å². The molecule has 10 nitrogen and oxygen atoms in total. The number of phosphoric ester groups is 1. The summed E-state index contributed by atoms with van der Waals surface area (Å²) >= 11 is 0. The van der Waals surface area contributed by atoms with Crippen LogP contribution in [-0.4, -0.2) is 63.5 Å². The van der Waals surface area contributed by atoms with Gasteiger partial charge in [-0.3, -0.25) is 14.1 Å². The van der Waals surface area contributed by atoms with Gasteiger partial charge in [0.15, 0.2) is 6.10 Å². The second-order valence-electron chi connectivity index (χ2n) is 14.8. The van der Waals surface area contributed by atoms with E-state index in [-0.39, 0.29) is 25.7 Å². The zero-order chi connectivity index (χ0) is 39.4. The van der Waals surface area contributed by atoms with E-state index in [2.05, 4.69) is 49.6 Å². The van der Waals surface area contributed by atoms with E-state index in [1.165, 1.54) is 83.5 Å². The lowest BCUT2D eigenvalue weighted by Gasteiger charge is -2.19. The van der Waals surface area contributed by atoms with Gasteiger partial charge in [-0.05, 0) is 57.3 Å². The summed E-state index contributed by atoms with van der Waals surface area (Å²) in [5.41, 5.74) is 0. The number of esters is 2. The van der Waals surface area contributed by atoms with Gasteiger partial charge in [-0.25, -0.2) is 4.57 Å². The Morgan fingerprint density at radius 2 is 1.13 bits per heavy atom. The van der Waals surface area contributed by atoms with Crippen LogP contribution in [0.1, 0.15) is 181 Å². The van der Waals surface area contributed by atoms with Crippen LogP contribution in [0.25, 0.3) is 0 Å². The van der Waals surface area contributed by atoms with Crippen molar-refractivity contribution >= 4 is 19.8 Å². The predicted octanol–water partition coefficient (Wildman–Crippen LogP) is 10.4. The Bertz CT molecular complexity index is 1010. The molecule has 3 atom stereocenters. The van der Waals surface area contributed by atoms with E-state index in [4.69, 9.17) is 19.3 Å². The first kappa shape index (κ1) is 51.2. The van der Waals surface area contributed by atoms with Crippen LogP contribution in [0.5, 0.6) is 0 Å². The van der Waals surface area contributed by atoms with Crippen molar-refractivity contribution in [3.63, 3.8) is 0 Å². The molecule has 0 aromatic carbocycles. The fourth-order valence-corrected chi connectivity index (χ4v) is 6.14. The Hall–Kier alpha value is -1.81. The Balaban J connectivity index is 4.16. The Kier molecular flexibility index (Phi) is 34.6. The molecule has 0 spiro atoms. The van der Waals surface area contributed by atoms with Crippen molar-refractivity contribution in [3.8, 4) is 0 Å². The molecule has 0 aromatic heterocycles. The van der Waals surface area contributed by atoms with E-state index in [1.54, 1.807) is 0 Å². The highest BCUT2D eigenvalue weighted by molar-refractivity contribution is 7.46. The molecule has 11 heteroatoms. The first-order valence-electron chi connectivity index (χ1n) is 20.8. The average Bonchev–Trinajstić information content (AvgIpc) is 3.10. The minimum atomic E-state index is -4.82. The first-order chi connectivity index (χ1) is 25.4. The van der Waals surface area contributed by atoms with Crippen molar-refractivity contribution in [3.05, 3.63) is 36.5 Å². The first-order valence-corrected chi connectivity index (χ1v) is 22.3. The van der Waals surface area contributed by atoms with Gasteiger partial charge in [-0.2, -0.15) is 0 Å². The summed E-state index contributed by atoms with van der Waals surface area (Å²) in [6, 6.07) is 0. The lowest BCUT2D eigenvalue weighted by Crippen LogP contribution is -2.29. The van der Waals surface area contributed by atoms with Crippen molar-refractivity contribution in [1.82, 2.24) is 0 Å². The molecule has 0 aromatic rings. The maximum Gasteiger partial charge on any atom is 0.469 e. The molecule has 0 amide bonds. The number of hydrogen-bond donors (Lipinski definition) is 4. The zero-order valence-corrected chi connectivity index (χ0v) is 34.4. The maximum absolute atomic E-state index is 12.4. The molecule has 0 saturated heterocycles. The Labute approximate surface area is 322 Å². The monoisotopic (exact) mass is 773 g/mol. The quantitative estimate of drug-likeness (QED) is 0.0207. The lowest BCUT2D eigenvalue weighted by atomic mass is 10.0. The molecular weight excluding hydrogens is 695 g/mol. The van der Waals surface area contributed by atoms with Gasteiger partial charge >= 0.3 is 19.8 Å². The molecule has 2 unspecified atom stereocenters. The van der Waals surface area contributed by atoms with Gasteiger partial charge in [0, 0.05) is 12.8 Å². The standard InChI is InChI=1S/C42H77O10P/c1-4-5-6-7-8-9-10-15-18-21-24-27-31-39(43)40(44)32-29-34-41(45)50-35-38(36-51-53(47,48)49)52-42(46)33-28-25-22-19-16-13-11-12-14-17-20-23-26-30-37(2)3/h8-9,15,18,24,27,37-40,43-44H,4-7,10-14,16-17,19-23,25-26,28-36H2,1-3H3,(H2,47,48,49)/b9-8-,18-15-,27-24-/t38-,39?,40?/m1/s1. The van der Waals surface area contributed by atoms with E-state index >= 15 is 0 Å². The van der Waals surface area contributed by atoms with Crippen LogP contribution in [0, 0.1) is 5.92 Å². The van der Waals surface area contributed by atoms with Crippen LogP contribution in [0.2, 0.25) is 0 Å². The summed E-state index contributed by atoms with van der Waals surface area (Å²) in [5, 5.41) is 20.5. The molecule has 0 saturated carbocycles. The van der Waals surface area contributed by atoms with Crippen molar-refractivity contribution in [2.45, 2.75) is 200 Å². The molecule has 310 valence electrons. The fraction of sp³-hybridized carbons (Fsp3) is 0.810. The van der Waals surface area contributed by atoms with Crippen molar-refractivity contribution in [2.24, 2.45) is 5.92 Å². The van der Waals surface area contributed by atoms with E-state index in [9.17, 15) is 24.4 Å². The highest BCUT2D eigenvalue weighted by Gasteiger charge is 2.23. The Morgan fingerprint density at radius 3 is 1.70 bits per heavy atom. The van der Waals surface area contributed by atoms with Crippen molar-refractivity contribution in [1.29, 1.82) is 0 Å². The van der Waals surface area contributed by atoms with E-state index in [1.807, 2.05) is 12.2 Å². The third kappa shape index (κ3) is 38.3. The summed E-state index contributed by atoms with van der Waals surface area (Å²) in [6.45, 7) is 5.73. The number of unbranched alkanes of at least 4 members (excludes halogenated alkanes) is 15. The SMILES string of the molecule is CCCCC/C=C\C/C=C\C/C=C\CC(O)C(O)CCCC(=O)OC[C@H](COP(=O)(O)O)OC(=O)CCCCCCCCCCCCCCCC(C)C. The van der Waals surface area contributed by atoms with Gasteiger partial charge in [0.25, 0.3) is 0 Å². The molecule has 0 aliphatic rings. The van der Waals surface area contributed by atoms with Crippen LogP contribution >= 0.6 is 7.82 Å². The van der Waals surface area contributed by atoms with Crippen LogP contribution < -0.4 is 0 Å². The topological polar surface area (TPSA) is 160 Å². The third-order valence-electron chi connectivity index (χ3n) is 9.04. The summed E-state index contributed by atoms with van der Waals surface area (Å²) < 4.78 is 26.2.